The average molecular weight is 427 g/mol. The third-order valence-corrected chi connectivity index (χ3v) is 5.95. The number of carbonyl (C=O) groups is 2. The first-order chi connectivity index (χ1) is 14.5. The monoisotopic (exact) mass is 426 g/mol. The fraction of sp³-hybridized carbons (Fsp3) is 0.304. The molecule has 0 radical (unpaired) electrons. The predicted octanol–water partition coefficient (Wildman–Crippen LogP) is 4.06. The molecule has 7 heteroatoms. The number of hydrogen-bond acceptors (Lipinski definition) is 4. The number of amides is 1. The van der Waals surface area contributed by atoms with E-state index in [1.54, 1.807) is 19.2 Å². The number of carbonyl (C=O) groups excluding carboxylic acids is 2. The summed E-state index contributed by atoms with van der Waals surface area (Å²) in [6.45, 7) is 2.03. The molecule has 2 atom stereocenters. The molecule has 0 fully saturated rings. The number of nitrogens with one attached hydrogen (secondary N) is 1. The molecule has 4 rings (SSSR count). The van der Waals surface area contributed by atoms with Gasteiger partial charge in [-0.05, 0) is 54.8 Å². The summed E-state index contributed by atoms with van der Waals surface area (Å²) in [6.07, 6.45) is 0.710. The molecule has 6 nitrogen and oxygen atoms in total. The second-order valence-electron chi connectivity index (χ2n) is 7.43. The van der Waals surface area contributed by atoms with Crippen molar-refractivity contribution < 1.29 is 19.1 Å². The normalized spacial score (nSPS) is 18.2. The summed E-state index contributed by atoms with van der Waals surface area (Å²) in [5, 5.41) is 1.09. The number of fused-ring (bicyclic) bond motifs is 3. The van der Waals surface area contributed by atoms with Gasteiger partial charge in [-0.15, -0.1) is 11.6 Å². The molecule has 1 aliphatic rings. The fourth-order valence-electron chi connectivity index (χ4n) is 4.32. The zero-order chi connectivity index (χ0) is 21.4. The van der Waals surface area contributed by atoms with E-state index in [-0.39, 0.29) is 23.9 Å². The summed E-state index contributed by atoms with van der Waals surface area (Å²) in [6, 6.07) is 12.7. The number of esters is 1. The van der Waals surface area contributed by atoms with Crippen LogP contribution >= 0.6 is 11.6 Å². The van der Waals surface area contributed by atoms with Gasteiger partial charge >= 0.3 is 5.97 Å². The van der Waals surface area contributed by atoms with Crippen molar-refractivity contribution in [3.63, 3.8) is 0 Å². The summed E-state index contributed by atoms with van der Waals surface area (Å²) in [5.74, 6) is 0.165. The topological polar surface area (TPSA) is 71.6 Å². The van der Waals surface area contributed by atoms with Crippen LogP contribution in [0.15, 0.2) is 42.5 Å². The number of benzene rings is 2. The zero-order valence-corrected chi connectivity index (χ0v) is 17.8. The van der Waals surface area contributed by atoms with E-state index >= 15 is 0 Å². The van der Waals surface area contributed by atoms with Crippen molar-refractivity contribution in [2.75, 3.05) is 20.1 Å². The van der Waals surface area contributed by atoms with E-state index < -0.39 is 5.97 Å². The van der Waals surface area contributed by atoms with Gasteiger partial charge in [0.1, 0.15) is 11.6 Å². The van der Waals surface area contributed by atoms with Crippen molar-refractivity contribution in [1.82, 2.24) is 9.88 Å². The average Bonchev–Trinajstić information content (AvgIpc) is 3.14. The Morgan fingerprint density at radius 3 is 2.53 bits per heavy atom. The van der Waals surface area contributed by atoms with Crippen LogP contribution < -0.4 is 4.74 Å². The molecule has 2 aromatic carbocycles. The van der Waals surface area contributed by atoms with Gasteiger partial charge in [0, 0.05) is 22.6 Å². The van der Waals surface area contributed by atoms with E-state index in [4.69, 9.17) is 21.1 Å². The van der Waals surface area contributed by atoms with Gasteiger partial charge in [-0.2, -0.15) is 0 Å². The van der Waals surface area contributed by atoms with Crippen molar-refractivity contribution in [3.05, 3.63) is 64.8 Å². The molecule has 156 valence electrons. The fourth-order valence-corrected chi connectivity index (χ4v) is 4.46. The molecule has 30 heavy (non-hydrogen) atoms. The first-order valence-corrected chi connectivity index (χ1v) is 10.3. The number of aromatic amines is 1. The van der Waals surface area contributed by atoms with Crippen LogP contribution in [0.5, 0.6) is 5.75 Å². The maximum atomic E-state index is 12.8. The molecule has 1 N–H and O–H groups in total. The lowest BCUT2D eigenvalue weighted by Gasteiger charge is -2.40. The lowest BCUT2D eigenvalue weighted by atomic mass is 9.88. The lowest BCUT2D eigenvalue weighted by molar-refractivity contribution is -0.133. The molecular weight excluding hydrogens is 404 g/mol. The molecule has 3 aromatic rings. The number of nitrogens with zero attached hydrogens (tertiary/aromatic N) is 1. The van der Waals surface area contributed by atoms with E-state index in [0.29, 0.717) is 12.0 Å². The lowest BCUT2D eigenvalue weighted by Crippen LogP contribution is -2.46. The highest BCUT2D eigenvalue weighted by atomic mass is 35.5. The molecule has 2 heterocycles. The van der Waals surface area contributed by atoms with E-state index in [9.17, 15) is 9.59 Å². The molecule has 0 aliphatic carbocycles. The summed E-state index contributed by atoms with van der Waals surface area (Å²) < 4.78 is 10.2. The highest BCUT2D eigenvalue weighted by Crippen LogP contribution is 2.41. The zero-order valence-electron chi connectivity index (χ0n) is 17.1. The number of halogens is 1. The summed E-state index contributed by atoms with van der Waals surface area (Å²) >= 11 is 5.96. The van der Waals surface area contributed by atoms with Gasteiger partial charge in [0.2, 0.25) is 5.91 Å². The van der Waals surface area contributed by atoms with Gasteiger partial charge in [0.05, 0.1) is 25.8 Å². The van der Waals surface area contributed by atoms with Crippen LogP contribution in [0.2, 0.25) is 0 Å². The Balaban J connectivity index is 1.88. The van der Waals surface area contributed by atoms with Crippen molar-refractivity contribution in [2.24, 2.45) is 0 Å². The summed E-state index contributed by atoms with van der Waals surface area (Å²) in [5.41, 5.74) is 4.47. The predicted molar refractivity (Wildman–Crippen MR) is 115 cm³/mol. The number of alkyl halides is 1. The molecule has 1 amide bonds. The van der Waals surface area contributed by atoms with E-state index in [1.165, 1.54) is 7.11 Å². The van der Waals surface area contributed by atoms with Crippen molar-refractivity contribution in [2.45, 2.75) is 25.4 Å². The number of rotatable bonds is 4. The van der Waals surface area contributed by atoms with Crippen LogP contribution in [0, 0.1) is 0 Å². The molecule has 1 aliphatic heterocycles. The highest BCUT2D eigenvalue weighted by molar-refractivity contribution is 6.27. The molecule has 0 spiro atoms. The first kappa shape index (κ1) is 20.3. The Hall–Kier alpha value is -2.99. The van der Waals surface area contributed by atoms with Crippen LogP contribution in [0.1, 0.15) is 40.1 Å². The van der Waals surface area contributed by atoms with Gasteiger partial charge in [0.25, 0.3) is 0 Å². The Morgan fingerprint density at radius 2 is 1.90 bits per heavy atom. The number of ether oxygens (including phenoxy) is 2. The van der Waals surface area contributed by atoms with Gasteiger partial charge in [-0.25, -0.2) is 4.79 Å². The summed E-state index contributed by atoms with van der Waals surface area (Å²) in [4.78, 5) is 30.0. The second-order valence-corrected chi connectivity index (χ2v) is 7.70. The Morgan fingerprint density at radius 1 is 1.17 bits per heavy atom. The number of aromatic nitrogens is 1. The molecule has 0 saturated carbocycles. The minimum atomic E-state index is -0.398. The number of H-pyrrole nitrogens is 1. The highest BCUT2D eigenvalue weighted by Gasteiger charge is 2.38. The summed E-state index contributed by atoms with van der Waals surface area (Å²) in [7, 11) is 3.00. The SMILES string of the molecule is COC(=O)c1ccc([C@H]2c3[nH]c4ccc(OC)cc4c3C[C@H](C)N2C(=O)CCl)cc1. The Kier molecular flexibility index (Phi) is 5.43. The van der Waals surface area contributed by atoms with Gasteiger partial charge in [-0.1, -0.05) is 12.1 Å². The Labute approximate surface area is 179 Å². The maximum Gasteiger partial charge on any atom is 0.337 e. The minimum absolute atomic E-state index is 0.0424. The van der Waals surface area contributed by atoms with Crippen LogP contribution in [0.25, 0.3) is 10.9 Å². The maximum absolute atomic E-state index is 12.8. The van der Waals surface area contributed by atoms with E-state index in [1.807, 2.05) is 42.2 Å². The molecule has 0 bridgehead atoms. The molecule has 1 aromatic heterocycles. The van der Waals surface area contributed by atoms with Crippen LogP contribution in [-0.2, 0) is 16.0 Å². The minimum Gasteiger partial charge on any atom is -0.497 e. The van der Waals surface area contributed by atoms with Crippen LogP contribution in [0.4, 0.5) is 0 Å². The van der Waals surface area contributed by atoms with Crippen molar-refractivity contribution in [3.8, 4) is 5.75 Å². The number of hydrogen-bond donors (Lipinski definition) is 1. The molecule has 0 unspecified atom stereocenters. The Bertz CT molecular complexity index is 1110. The third kappa shape index (κ3) is 3.31. The third-order valence-electron chi connectivity index (χ3n) is 5.72. The molecular formula is C23H23ClN2O4. The largest absolute Gasteiger partial charge is 0.497 e. The van der Waals surface area contributed by atoms with Gasteiger partial charge in [-0.3, -0.25) is 4.79 Å². The van der Waals surface area contributed by atoms with Gasteiger partial charge < -0.3 is 19.4 Å². The van der Waals surface area contributed by atoms with Gasteiger partial charge in [0.15, 0.2) is 0 Å². The quantitative estimate of drug-likeness (QED) is 0.504. The van der Waals surface area contributed by atoms with E-state index in [0.717, 1.165) is 33.5 Å². The van der Waals surface area contributed by atoms with Crippen LogP contribution in [-0.4, -0.2) is 47.9 Å². The second kappa shape index (κ2) is 8.03. The first-order valence-electron chi connectivity index (χ1n) is 9.72. The number of methoxy groups -OCH3 is 2. The molecule has 0 saturated heterocycles. The standard InChI is InChI=1S/C23H23ClN2O4/c1-13-10-18-17-11-16(29-2)8-9-19(17)25-21(18)22(26(13)20(27)12-24)14-4-6-15(7-5-14)23(28)30-3/h4-9,11,13,22,25H,10,12H2,1-3H3/t13-,22-/m0/s1. The van der Waals surface area contributed by atoms with E-state index in [2.05, 4.69) is 4.98 Å². The van der Waals surface area contributed by atoms with Crippen LogP contribution in [0.3, 0.4) is 0 Å². The van der Waals surface area contributed by atoms with Crippen molar-refractivity contribution >= 4 is 34.4 Å². The van der Waals surface area contributed by atoms with Crippen molar-refractivity contribution in [1.29, 1.82) is 0 Å². The smallest absolute Gasteiger partial charge is 0.337 e.